The lowest BCUT2D eigenvalue weighted by molar-refractivity contribution is 0.221. The van der Waals surface area contributed by atoms with Crippen LogP contribution in [0.25, 0.3) is 0 Å². The molecular formula is C15H21F2N. The molecule has 0 bridgehead atoms. The highest BCUT2D eigenvalue weighted by molar-refractivity contribution is 5.29. The van der Waals surface area contributed by atoms with Crippen molar-refractivity contribution in [1.82, 2.24) is 5.32 Å². The Morgan fingerprint density at radius 3 is 2.56 bits per heavy atom. The average molecular weight is 253 g/mol. The summed E-state index contributed by atoms with van der Waals surface area (Å²) < 4.78 is 27.7. The Bertz CT molecular complexity index is 403. The summed E-state index contributed by atoms with van der Waals surface area (Å²) in [4.78, 5) is 0. The van der Waals surface area contributed by atoms with Gasteiger partial charge in [0.15, 0.2) is 0 Å². The van der Waals surface area contributed by atoms with Crippen LogP contribution in [-0.2, 0) is 12.1 Å². The molecule has 0 atom stereocenters. The molecule has 100 valence electrons. The Kier molecular flexibility index (Phi) is 4.00. The smallest absolute Gasteiger partial charge is 0.130 e. The standard InChI is InChI=1S/C15H21F2N/c1-15(2,17)13-3-4-14(16)12(10-13)9-11-5-7-18-8-6-11/h3-4,10-11,18H,5-9H2,1-2H3. The molecule has 1 fully saturated rings. The summed E-state index contributed by atoms with van der Waals surface area (Å²) in [6, 6.07) is 4.63. The van der Waals surface area contributed by atoms with E-state index in [1.807, 2.05) is 0 Å². The highest BCUT2D eigenvalue weighted by Crippen LogP contribution is 2.28. The second-order valence-electron chi connectivity index (χ2n) is 5.68. The van der Waals surface area contributed by atoms with Gasteiger partial charge in [0.2, 0.25) is 0 Å². The second kappa shape index (κ2) is 5.35. The normalized spacial score (nSPS) is 18.0. The van der Waals surface area contributed by atoms with E-state index < -0.39 is 5.67 Å². The van der Waals surface area contributed by atoms with Crippen molar-refractivity contribution in [2.24, 2.45) is 5.92 Å². The van der Waals surface area contributed by atoms with Gasteiger partial charge in [0.05, 0.1) is 0 Å². The van der Waals surface area contributed by atoms with E-state index in [0.717, 1.165) is 32.4 Å². The quantitative estimate of drug-likeness (QED) is 0.868. The molecular weight excluding hydrogens is 232 g/mol. The molecule has 0 amide bonds. The molecule has 0 saturated carbocycles. The lowest BCUT2D eigenvalue weighted by atomic mass is 9.88. The Morgan fingerprint density at radius 2 is 1.94 bits per heavy atom. The van der Waals surface area contributed by atoms with E-state index >= 15 is 0 Å². The summed E-state index contributed by atoms with van der Waals surface area (Å²) in [6.07, 6.45) is 2.86. The molecule has 1 aromatic carbocycles. The van der Waals surface area contributed by atoms with Crippen LogP contribution >= 0.6 is 0 Å². The summed E-state index contributed by atoms with van der Waals surface area (Å²) in [5, 5.41) is 3.30. The van der Waals surface area contributed by atoms with Gasteiger partial charge in [0.1, 0.15) is 11.5 Å². The molecule has 1 aromatic rings. The maximum atomic E-state index is 13.9. The zero-order chi connectivity index (χ0) is 13.2. The van der Waals surface area contributed by atoms with Crippen LogP contribution in [0.1, 0.15) is 37.8 Å². The highest BCUT2D eigenvalue weighted by atomic mass is 19.1. The van der Waals surface area contributed by atoms with Crippen molar-refractivity contribution in [2.75, 3.05) is 13.1 Å². The van der Waals surface area contributed by atoms with E-state index in [0.29, 0.717) is 17.0 Å². The number of nitrogens with one attached hydrogen (secondary N) is 1. The SMILES string of the molecule is CC(C)(F)c1ccc(F)c(CC2CCNCC2)c1. The molecule has 1 aliphatic heterocycles. The van der Waals surface area contributed by atoms with Gasteiger partial charge < -0.3 is 5.32 Å². The Morgan fingerprint density at radius 1 is 1.28 bits per heavy atom. The zero-order valence-electron chi connectivity index (χ0n) is 11.1. The molecule has 0 radical (unpaired) electrons. The number of rotatable bonds is 3. The lowest BCUT2D eigenvalue weighted by Gasteiger charge is -2.23. The van der Waals surface area contributed by atoms with Gasteiger partial charge in [0.25, 0.3) is 0 Å². The van der Waals surface area contributed by atoms with Crippen LogP contribution in [0.2, 0.25) is 0 Å². The fraction of sp³-hybridized carbons (Fsp3) is 0.600. The van der Waals surface area contributed by atoms with Gasteiger partial charge in [-0.2, -0.15) is 0 Å². The zero-order valence-corrected chi connectivity index (χ0v) is 11.1. The number of hydrogen-bond donors (Lipinski definition) is 1. The number of piperidine rings is 1. The monoisotopic (exact) mass is 253 g/mol. The third-order valence-corrected chi connectivity index (χ3v) is 3.70. The first-order valence-corrected chi connectivity index (χ1v) is 6.65. The summed E-state index contributed by atoms with van der Waals surface area (Å²) in [6.45, 7) is 5.02. The summed E-state index contributed by atoms with van der Waals surface area (Å²) in [7, 11) is 0. The van der Waals surface area contributed by atoms with Gasteiger partial charge in [-0.3, -0.25) is 0 Å². The molecule has 1 heterocycles. The predicted octanol–water partition coefficient (Wildman–Crippen LogP) is 3.57. The molecule has 3 heteroatoms. The molecule has 1 saturated heterocycles. The van der Waals surface area contributed by atoms with Crippen molar-refractivity contribution in [2.45, 2.75) is 38.8 Å². The van der Waals surface area contributed by atoms with E-state index in [4.69, 9.17) is 0 Å². The summed E-state index contributed by atoms with van der Waals surface area (Å²) in [5.74, 6) is 0.306. The van der Waals surface area contributed by atoms with Crippen LogP contribution in [-0.4, -0.2) is 13.1 Å². The minimum absolute atomic E-state index is 0.207. The lowest BCUT2D eigenvalue weighted by Crippen LogP contribution is -2.28. The van der Waals surface area contributed by atoms with E-state index in [2.05, 4.69) is 5.32 Å². The molecule has 0 aliphatic carbocycles. The minimum atomic E-state index is -1.41. The van der Waals surface area contributed by atoms with Gasteiger partial charge in [-0.05, 0) is 75.4 Å². The van der Waals surface area contributed by atoms with Crippen LogP contribution in [0, 0.1) is 11.7 Å². The Labute approximate surface area is 108 Å². The van der Waals surface area contributed by atoms with E-state index in [-0.39, 0.29) is 5.82 Å². The first kappa shape index (κ1) is 13.5. The topological polar surface area (TPSA) is 12.0 Å². The van der Waals surface area contributed by atoms with Crippen LogP contribution in [0.4, 0.5) is 8.78 Å². The van der Waals surface area contributed by atoms with E-state index in [1.54, 1.807) is 12.1 Å². The molecule has 1 nitrogen and oxygen atoms in total. The number of halogens is 2. The molecule has 0 aromatic heterocycles. The van der Waals surface area contributed by atoms with Crippen molar-refractivity contribution < 1.29 is 8.78 Å². The number of hydrogen-bond acceptors (Lipinski definition) is 1. The molecule has 18 heavy (non-hydrogen) atoms. The van der Waals surface area contributed by atoms with Crippen LogP contribution in [0.3, 0.4) is 0 Å². The van der Waals surface area contributed by atoms with Crippen LogP contribution < -0.4 is 5.32 Å². The number of alkyl halides is 1. The van der Waals surface area contributed by atoms with Crippen molar-refractivity contribution in [3.05, 3.63) is 35.1 Å². The van der Waals surface area contributed by atoms with Crippen molar-refractivity contribution >= 4 is 0 Å². The summed E-state index contributed by atoms with van der Waals surface area (Å²) >= 11 is 0. The van der Waals surface area contributed by atoms with E-state index in [9.17, 15) is 8.78 Å². The predicted molar refractivity (Wildman–Crippen MR) is 69.8 cm³/mol. The van der Waals surface area contributed by atoms with Crippen LogP contribution in [0.5, 0.6) is 0 Å². The van der Waals surface area contributed by atoms with Gasteiger partial charge in [-0.15, -0.1) is 0 Å². The van der Waals surface area contributed by atoms with Crippen LogP contribution in [0.15, 0.2) is 18.2 Å². The largest absolute Gasteiger partial charge is 0.317 e. The third kappa shape index (κ3) is 3.29. The maximum absolute atomic E-state index is 13.9. The fourth-order valence-corrected chi connectivity index (χ4v) is 2.50. The molecule has 2 rings (SSSR count). The summed E-state index contributed by atoms with van der Waals surface area (Å²) in [5.41, 5.74) is -0.186. The van der Waals surface area contributed by atoms with Gasteiger partial charge >= 0.3 is 0 Å². The first-order valence-electron chi connectivity index (χ1n) is 6.65. The van der Waals surface area contributed by atoms with Gasteiger partial charge in [-0.1, -0.05) is 6.07 Å². The third-order valence-electron chi connectivity index (χ3n) is 3.70. The average Bonchev–Trinajstić information content (AvgIpc) is 2.32. The molecule has 1 aliphatic rings. The molecule has 0 spiro atoms. The number of benzene rings is 1. The van der Waals surface area contributed by atoms with Crippen molar-refractivity contribution in [1.29, 1.82) is 0 Å². The Hall–Kier alpha value is -0.960. The minimum Gasteiger partial charge on any atom is -0.317 e. The van der Waals surface area contributed by atoms with Gasteiger partial charge in [0, 0.05) is 0 Å². The second-order valence-corrected chi connectivity index (χ2v) is 5.68. The fourth-order valence-electron chi connectivity index (χ4n) is 2.50. The molecule has 0 unspecified atom stereocenters. The maximum Gasteiger partial charge on any atom is 0.130 e. The van der Waals surface area contributed by atoms with Gasteiger partial charge in [-0.25, -0.2) is 8.78 Å². The molecule has 1 N–H and O–H groups in total. The highest BCUT2D eigenvalue weighted by Gasteiger charge is 2.21. The van der Waals surface area contributed by atoms with Crippen molar-refractivity contribution in [3.8, 4) is 0 Å². The Balaban J connectivity index is 2.15. The van der Waals surface area contributed by atoms with Crippen molar-refractivity contribution in [3.63, 3.8) is 0 Å². The van der Waals surface area contributed by atoms with E-state index in [1.165, 1.54) is 19.9 Å². The first-order chi connectivity index (χ1) is 8.47.